The van der Waals surface area contributed by atoms with Crippen LogP contribution in [0, 0.1) is 12.7 Å². The Balaban J connectivity index is 2.07. The Morgan fingerprint density at radius 1 is 1.53 bits per heavy atom. The van der Waals surface area contributed by atoms with E-state index >= 15 is 0 Å². The number of aliphatic hydroxyl groups excluding tert-OH is 1. The van der Waals surface area contributed by atoms with Gasteiger partial charge < -0.3 is 15.7 Å². The minimum absolute atomic E-state index is 0.181. The molecule has 1 heterocycles. The zero-order valence-electron chi connectivity index (χ0n) is 9.53. The molecular weight excluding hydrogens is 223 g/mol. The third kappa shape index (κ3) is 2.74. The lowest BCUT2D eigenvalue weighted by atomic mass is 10.0. The topological polar surface area (TPSA) is 61.4 Å². The molecule has 0 spiro atoms. The number of hydrogen-bond acceptors (Lipinski definition) is 3. The number of carbonyl (C=O) groups excluding carboxylic acids is 1. The summed E-state index contributed by atoms with van der Waals surface area (Å²) in [5, 5.41) is 14.9. The van der Waals surface area contributed by atoms with Crippen molar-refractivity contribution in [2.24, 2.45) is 0 Å². The molecule has 92 valence electrons. The molecule has 0 saturated carbocycles. The van der Waals surface area contributed by atoms with Crippen LogP contribution >= 0.6 is 0 Å². The second-order valence-corrected chi connectivity index (χ2v) is 4.29. The van der Waals surface area contributed by atoms with Crippen LogP contribution < -0.4 is 10.6 Å². The number of carbonyl (C=O) groups is 1. The average molecular weight is 238 g/mol. The van der Waals surface area contributed by atoms with Crippen molar-refractivity contribution in [3.8, 4) is 0 Å². The molecule has 1 saturated heterocycles. The third-order valence-electron chi connectivity index (χ3n) is 2.84. The summed E-state index contributed by atoms with van der Waals surface area (Å²) in [6, 6.07) is 4.49. The van der Waals surface area contributed by atoms with Crippen LogP contribution in [0.1, 0.15) is 18.4 Å². The first-order valence-electron chi connectivity index (χ1n) is 5.56. The number of amides is 1. The summed E-state index contributed by atoms with van der Waals surface area (Å²) in [5.41, 5.74) is 1.18. The number of nitrogens with one attached hydrogen (secondary N) is 2. The zero-order chi connectivity index (χ0) is 12.4. The summed E-state index contributed by atoms with van der Waals surface area (Å²) in [6.07, 6.45) is -0.153. The second-order valence-electron chi connectivity index (χ2n) is 4.29. The van der Waals surface area contributed by atoms with Crippen molar-refractivity contribution in [2.75, 3.05) is 5.32 Å². The van der Waals surface area contributed by atoms with Crippen LogP contribution in [-0.2, 0) is 4.79 Å². The maximum Gasteiger partial charge on any atom is 0.222 e. The predicted octanol–water partition coefficient (Wildman–Crippen LogP) is 1.14. The normalized spacial score (nSPS) is 24.3. The highest BCUT2D eigenvalue weighted by molar-refractivity contribution is 5.77. The van der Waals surface area contributed by atoms with Crippen molar-refractivity contribution in [1.29, 1.82) is 0 Å². The van der Waals surface area contributed by atoms with Gasteiger partial charge in [-0.05, 0) is 31.0 Å². The first-order valence-corrected chi connectivity index (χ1v) is 5.56. The fourth-order valence-electron chi connectivity index (χ4n) is 1.87. The average Bonchev–Trinajstić information content (AvgIpc) is 2.25. The van der Waals surface area contributed by atoms with Gasteiger partial charge in [0.2, 0.25) is 5.91 Å². The molecule has 2 rings (SSSR count). The fourth-order valence-corrected chi connectivity index (χ4v) is 1.87. The van der Waals surface area contributed by atoms with Crippen molar-refractivity contribution in [2.45, 2.75) is 32.0 Å². The standard InChI is InChI=1S/C12H15FN2O2/c1-7-2-3-9(8(13)6-7)14-10-4-5-11(16)15-12(10)17/h2-3,6,10,12,14,17H,4-5H2,1H3,(H,15,16). The van der Waals surface area contributed by atoms with E-state index in [2.05, 4.69) is 10.6 Å². The third-order valence-corrected chi connectivity index (χ3v) is 2.84. The number of halogens is 1. The summed E-state index contributed by atoms with van der Waals surface area (Å²) in [4.78, 5) is 11.0. The van der Waals surface area contributed by atoms with Gasteiger partial charge in [0.15, 0.2) is 0 Å². The van der Waals surface area contributed by atoms with E-state index in [1.54, 1.807) is 12.1 Å². The Bertz CT molecular complexity index is 437. The van der Waals surface area contributed by atoms with E-state index < -0.39 is 6.23 Å². The molecule has 0 aliphatic carbocycles. The molecule has 2 atom stereocenters. The highest BCUT2D eigenvalue weighted by atomic mass is 19.1. The van der Waals surface area contributed by atoms with Gasteiger partial charge in [-0.15, -0.1) is 0 Å². The highest BCUT2D eigenvalue weighted by Gasteiger charge is 2.27. The number of benzene rings is 1. The summed E-state index contributed by atoms with van der Waals surface area (Å²) in [6.45, 7) is 1.81. The largest absolute Gasteiger partial charge is 0.375 e. The van der Waals surface area contributed by atoms with Crippen LogP contribution in [0.4, 0.5) is 10.1 Å². The van der Waals surface area contributed by atoms with Gasteiger partial charge in [0, 0.05) is 6.42 Å². The van der Waals surface area contributed by atoms with Crippen molar-refractivity contribution in [3.05, 3.63) is 29.6 Å². The van der Waals surface area contributed by atoms with Gasteiger partial charge in [-0.3, -0.25) is 4.79 Å². The van der Waals surface area contributed by atoms with Gasteiger partial charge in [0.05, 0.1) is 11.7 Å². The lowest BCUT2D eigenvalue weighted by Gasteiger charge is -2.29. The molecule has 1 amide bonds. The number of piperidine rings is 1. The zero-order valence-corrected chi connectivity index (χ0v) is 9.53. The van der Waals surface area contributed by atoms with Gasteiger partial charge in [0.1, 0.15) is 12.0 Å². The summed E-state index contributed by atoms with van der Waals surface area (Å²) < 4.78 is 13.6. The van der Waals surface area contributed by atoms with E-state index in [9.17, 15) is 14.3 Å². The Kier molecular flexibility index (Phi) is 3.28. The van der Waals surface area contributed by atoms with Gasteiger partial charge in [-0.25, -0.2) is 4.39 Å². The Hall–Kier alpha value is -1.62. The molecule has 3 N–H and O–H groups in total. The Morgan fingerprint density at radius 3 is 2.94 bits per heavy atom. The summed E-state index contributed by atoms with van der Waals surface area (Å²) in [5.74, 6) is -0.533. The fraction of sp³-hybridized carbons (Fsp3) is 0.417. The van der Waals surface area contributed by atoms with E-state index in [0.29, 0.717) is 18.5 Å². The van der Waals surface area contributed by atoms with Gasteiger partial charge in [-0.1, -0.05) is 6.07 Å². The monoisotopic (exact) mass is 238 g/mol. The molecule has 17 heavy (non-hydrogen) atoms. The van der Waals surface area contributed by atoms with E-state index in [0.717, 1.165) is 5.56 Å². The first-order chi connectivity index (χ1) is 8.06. The number of aryl methyl sites for hydroxylation is 1. The summed E-state index contributed by atoms with van der Waals surface area (Å²) >= 11 is 0. The second kappa shape index (κ2) is 4.71. The Morgan fingerprint density at radius 2 is 2.29 bits per heavy atom. The van der Waals surface area contributed by atoms with Gasteiger partial charge in [-0.2, -0.15) is 0 Å². The smallest absolute Gasteiger partial charge is 0.222 e. The molecule has 1 aromatic rings. The van der Waals surface area contributed by atoms with E-state index in [1.165, 1.54) is 6.07 Å². The number of hydrogen-bond donors (Lipinski definition) is 3. The molecule has 1 aromatic carbocycles. The minimum Gasteiger partial charge on any atom is -0.375 e. The molecule has 1 aliphatic heterocycles. The van der Waals surface area contributed by atoms with Crippen molar-refractivity contribution in [1.82, 2.24) is 5.32 Å². The highest BCUT2D eigenvalue weighted by Crippen LogP contribution is 2.19. The van der Waals surface area contributed by atoms with Crippen molar-refractivity contribution in [3.63, 3.8) is 0 Å². The first kappa shape index (κ1) is 11.9. The van der Waals surface area contributed by atoms with Crippen LogP contribution in [0.5, 0.6) is 0 Å². The molecule has 0 aromatic heterocycles. The van der Waals surface area contributed by atoms with Crippen LogP contribution in [0.2, 0.25) is 0 Å². The van der Waals surface area contributed by atoms with E-state index in [-0.39, 0.29) is 17.8 Å². The van der Waals surface area contributed by atoms with Crippen LogP contribution in [0.25, 0.3) is 0 Å². The van der Waals surface area contributed by atoms with Crippen LogP contribution in [0.15, 0.2) is 18.2 Å². The minimum atomic E-state index is -0.975. The number of rotatable bonds is 2. The van der Waals surface area contributed by atoms with Crippen molar-refractivity contribution < 1.29 is 14.3 Å². The maximum absolute atomic E-state index is 13.6. The maximum atomic E-state index is 13.6. The van der Waals surface area contributed by atoms with Crippen LogP contribution in [-0.4, -0.2) is 23.3 Å². The van der Waals surface area contributed by atoms with E-state index in [4.69, 9.17) is 0 Å². The molecule has 1 fully saturated rings. The van der Waals surface area contributed by atoms with Gasteiger partial charge in [0.25, 0.3) is 0 Å². The lowest BCUT2D eigenvalue weighted by Crippen LogP contribution is -2.51. The van der Waals surface area contributed by atoms with Crippen molar-refractivity contribution >= 4 is 11.6 Å². The van der Waals surface area contributed by atoms with Crippen LogP contribution in [0.3, 0.4) is 0 Å². The molecule has 0 bridgehead atoms. The molecule has 1 aliphatic rings. The SMILES string of the molecule is Cc1ccc(NC2CCC(=O)NC2O)c(F)c1. The number of anilines is 1. The molecule has 5 heteroatoms. The molecular formula is C12H15FN2O2. The van der Waals surface area contributed by atoms with E-state index in [1.807, 2.05) is 6.92 Å². The quantitative estimate of drug-likeness (QED) is 0.724. The lowest BCUT2D eigenvalue weighted by molar-refractivity contribution is -0.126. The predicted molar refractivity (Wildman–Crippen MR) is 61.9 cm³/mol. The molecule has 2 unspecified atom stereocenters. The summed E-state index contributed by atoms with van der Waals surface area (Å²) in [7, 11) is 0. The molecule has 4 nitrogen and oxygen atoms in total. The van der Waals surface area contributed by atoms with Gasteiger partial charge >= 0.3 is 0 Å². The molecule has 0 radical (unpaired) electrons. The Labute approximate surface area is 98.8 Å². The number of aliphatic hydroxyl groups is 1.